The van der Waals surface area contributed by atoms with E-state index in [-0.39, 0.29) is 5.78 Å². The van der Waals surface area contributed by atoms with Crippen LogP contribution >= 0.6 is 0 Å². The van der Waals surface area contributed by atoms with Crippen molar-refractivity contribution < 1.29 is 9.53 Å². The summed E-state index contributed by atoms with van der Waals surface area (Å²) < 4.78 is 7.34. The average molecular weight is 334 g/mol. The molecule has 3 rings (SSSR count). The van der Waals surface area contributed by atoms with Gasteiger partial charge in [0.15, 0.2) is 5.78 Å². The minimum absolute atomic E-state index is 0.0675. The second-order valence-electron chi connectivity index (χ2n) is 6.39. The quantitative estimate of drug-likeness (QED) is 0.489. The van der Waals surface area contributed by atoms with Crippen LogP contribution in [0.4, 0.5) is 0 Å². The number of aromatic nitrogens is 2. The molecule has 0 aliphatic carbocycles. The minimum atomic E-state index is -0.0675. The van der Waals surface area contributed by atoms with Crippen molar-refractivity contribution in [2.24, 2.45) is 5.92 Å². The molecule has 4 heteroatoms. The zero-order valence-corrected chi connectivity index (χ0v) is 14.8. The molecule has 0 fully saturated rings. The molecular formula is C21H22N2O2. The maximum atomic E-state index is 12.5. The molecule has 0 saturated heterocycles. The predicted molar refractivity (Wildman–Crippen MR) is 101 cm³/mol. The van der Waals surface area contributed by atoms with Gasteiger partial charge in [-0.3, -0.25) is 4.79 Å². The second kappa shape index (κ2) is 7.34. The Kier molecular flexibility index (Phi) is 4.98. The number of methoxy groups -OCH3 is 1. The maximum Gasteiger partial charge on any atom is 0.186 e. The largest absolute Gasteiger partial charge is 0.497 e. The fourth-order valence-electron chi connectivity index (χ4n) is 2.80. The van der Waals surface area contributed by atoms with E-state index >= 15 is 0 Å². The van der Waals surface area contributed by atoms with Crippen molar-refractivity contribution in [3.8, 4) is 5.75 Å². The molecule has 2 aromatic carbocycles. The normalized spacial score (nSPS) is 11.5. The monoisotopic (exact) mass is 334 g/mol. The van der Waals surface area contributed by atoms with E-state index in [1.165, 1.54) is 0 Å². The molecule has 1 heterocycles. The molecule has 0 radical (unpaired) electrons. The van der Waals surface area contributed by atoms with Gasteiger partial charge in [-0.25, -0.2) is 4.98 Å². The molecular weight excluding hydrogens is 312 g/mol. The van der Waals surface area contributed by atoms with Crippen LogP contribution in [0.25, 0.3) is 17.1 Å². The van der Waals surface area contributed by atoms with E-state index < -0.39 is 0 Å². The van der Waals surface area contributed by atoms with Gasteiger partial charge in [0.2, 0.25) is 0 Å². The zero-order valence-electron chi connectivity index (χ0n) is 14.8. The van der Waals surface area contributed by atoms with Crippen molar-refractivity contribution in [1.82, 2.24) is 9.55 Å². The van der Waals surface area contributed by atoms with Crippen molar-refractivity contribution >= 4 is 22.9 Å². The summed E-state index contributed by atoms with van der Waals surface area (Å²) in [4.78, 5) is 17.1. The average Bonchev–Trinajstić information content (AvgIpc) is 2.97. The molecule has 25 heavy (non-hydrogen) atoms. The van der Waals surface area contributed by atoms with Crippen molar-refractivity contribution in [2.75, 3.05) is 7.11 Å². The predicted octanol–water partition coefficient (Wildman–Crippen LogP) is 4.60. The number of imidazole rings is 1. The second-order valence-corrected chi connectivity index (χ2v) is 6.39. The van der Waals surface area contributed by atoms with E-state index in [9.17, 15) is 4.79 Å². The van der Waals surface area contributed by atoms with Crippen molar-refractivity contribution in [1.29, 1.82) is 0 Å². The summed E-state index contributed by atoms with van der Waals surface area (Å²) >= 11 is 0. The van der Waals surface area contributed by atoms with Gasteiger partial charge in [-0.2, -0.15) is 0 Å². The Hall–Kier alpha value is -2.88. The third kappa shape index (κ3) is 3.79. The number of para-hydroxylation sites is 2. The Morgan fingerprint density at radius 1 is 1.20 bits per heavy atom. The standard InChI is InChI=1S/C21H22N2O2/c1-15(2)14-23-19-10-5-4-9-18(19)22-21(23)12-11-20(24)16-7-6-8-17(13-16)25-3/h4-13,15H,14H2,1-3H3/b12-11+. The molecule has 3 aromatic rings. The molecule has 1 aromatic heterocycles. The van der Waals surface area contributed by atoms with Gasteiger partial charge >= 0.3 is 0 Å². The first-order chi connectivity index (χ1) is 12.1. The smallest absolute Gasteiger partial charge is 0.186 e. The maximum absolute atomic E-state index is 12.5. The van der Waals surface area contributed by atoms with Crippen LogP contribution in [-0.2, 0) is 6.54 Å². The number of carbonyl (C=O) groups excluding carboxylic acids is 1. The topological polar surface area (TPSA) is 44.1 Å². The third-order valence-corrected chi connectivity index (χ3v) is 3.97. The molecule has 0 amide bonds. The highest BCUT2D eigenvalue weighted by Gasteiger charge is 2.10. The number of nitrogens with zero attached hydrogens (tertiary/aromatic N) is 2. The van der Waals surface area contributed by atoms with Gasteiger partial charge in [0.25, 0.3) is 0 Å². The Morgan fingerprint density at radius 2 is 2.00 bits per heavy atom. The van der Waals surface area contributed by atoms with E-state index in [1.54, 1.807) is 31.4 Å². The molecule has 0 aliphatic heterocycles. The molecule has 0 N–H and O–H groups in total. The molecule has 0 atom stereocenters. The molecule has 0 spiro atoms. The van der Waals surface area contributed by atoms with Gasteiger partial charge < -0.3 is 9.30 Å². The van der Waals surface area contributed by atoms with Crippen LogP contribution < -0.4 is 4.74 Å². The number of ether oxygens (including phenoxy) is 1. The number of fused-ring (bicyclic) bond motifs is 1. The van der Waals surface area contributed by atoms with Crippen LogP contribution in [0.1, 0.15) is 30.0 Å². The Bertz CT molecular complexity index is 923. The highest BCUT2D eigenvalue weighted by molar-refractivity contribution is 6.07. The van der Waals surface area contributed by atoms with Crippen LogP contribution in [0.15, 0.2) is 54.6 Å². The van der Waals surface area contributed by atoms with Gasteiger partial charge in [-0.05, 0) is 42.3 Å². The lowest BCUT2D eigenvalue weighted by Crippen LogP contribution is -2.06. The van der Waals surface area contributed by atoms with Gasteiger partial charge in [-0.1, -0.05) is 38.1 Å². The van der Waals surface area contributed by atoms with Gasteiger partial charge in [0, 0.05) is 12.1 Å². The number of rotatable bonds is 6. The fraction of sp³-hybridized carbons (Fsp3) is 0.238. The Labute approximate surface area is 147 Å². The van der Waals surface area contributed by atoms with Crippen molar-refractivity contribution in [3.63, 3.8) is 0 Å². The van der Waals surface area contributed by atoms with E-state index in [1.807, 2.05) is 30.3 Å². The SMILES string of the molecule is COc1cccc(C(=O)/C=C/c2nc3ccccc3n2CC(C)C)c1. The van der Waals surface area contributed by atoms with Crippen LogP contribution in [0.5, 0.6) is 5.75 Å². The first-order valence-electron chi connectivity index (χ1n) is 8.40. The number of hydrogen-bond acceptors (Lipinski definition) is 3. The summed E-state index contributed by atoms with van der Waals surface area (Å²) in [5.41, 5.74) is 2.63. The molecule has 0 unspecified atom stereocenters. The summed E-state index contributed by atoms with van der Waals surface area (Å²) in [6.45, 7) is 5.20. The minimum Gasteiger partial charge on any atom is -0.497 e. The highest BCUT2D eigenvalue weighted by Crippen LogP contribution is 2.19. The van der Waals surface area contributed by atoms with Gasteiger partial charge in [0.05, 0.1) is 18.1 Å². The lowest BCUT2D eigenvalue weighted by Gasteiger charge is -2.09. The van der Waals surface area contributed by atoms with Gasteiger partial charge in [-0.15, -0.1) is 0 Å². The van der Waals surface area contributed by atoms with E-state index in [0.717, 1.165) is 23.4 Å². The van der Waals surface area contributed by atoms with Crippen molar-refractivity contribution in [2.45, 2.75) is 20.4 Å². The molecule has 128 valence electrons. The Balaban J connectivity index is 1.93. The fourth-order valence-corrected chi connectivity index (χ4v) is 2.80. The zero-order chi connectivity index (χ0) is 17.8. The molecule has 0 bridgehead atoms. The first kappa shape index (κ1) is 17.0. The summed E-state index contributed by atoms with van der Waals surface area (Å²) in [5, 5.41) is 0. The first-order valence-corrected chi connectivity index (χ1v) is 8.40. The van der Waals surface area contributed by atoms with E-state index in [0.29, 0.717) is 17.2 Å². The van der Waals surface area contributed by atoms with Gasteiger partial charge in [0.1, 0.15) is 11.6 Å². The molecule has 0 saturated carbocycles. The third-order valence-electron chi connectivity index (χ3n) is 3.97. The number of carbonyl (C=O) groups is 1. The summed E-state index contributed by atoms with van der Waals surface area (Å²) in [5.74, 6) is 1.89. The summed E-state index contributed by atoms with van der Waals surface area (Å²) in [6, 6.07) is 15.2. The van der Waals surface area contributed by atoms with Crippen LogP contribution in [0, 0.1) is 5.92 Å². The summed E-state index contributed by atoms with van der Waals surface area (Å²) in [7, 11) is 1.59. The number of hydrogen-bond donors (Lipinski definition) is 0. The highest BCUT2D eigenvalue weighted by atomic mass is 16.5. The molecule has 4 nitrogen and oxygen atoms in total. The lowest BCUT2D eigenvalue weighted by molar-refractivity contribution is 0.104. The number of benzene rings is 2. The van der Waals surface area contributed by atoms with E-state index in [2.05, 4.69) is 29.5 Å². The molecule has 0 aliphatic rings. The lowest BCUT2D eigenvalue weighted by atomic mass is 10.1. The van der Waals surface area contributed by atoms with Crippen LogP contribution in [-0.4, -0.2) is 22.4 Å². The van der Waals surface area contributed by atoms with Crippen molar-refractivity contribution in [3.05, 3.63) is 66.0 Å². The van der Waals surface area contributed by atoms with Crippen LogP contribution in [0.2, 0.25) is 0 Å². The number of allylic oxidation sites excluding steroid dienone is 1. The van der Waals surface area contributed by atoms with E-state index in [4.69, 9.17) is 4.74 Å². The van der Waals surface area contributed by atoms with Crippen LogP contribution in [0.3, 0.4) is 0 Å². The Morgan fingerprint density at radius 3 is 2.76 bits per heavy atom. The number of ketones is 1. The summed E-state index contributed by atoms with van der Waals surface area (Å²) in [6.07, 6.45) is 3.37.